The molecule has 14 heavy (non-hydrogen) atoms. The third-order valence-electron chi connectivity index (χ3n) is 2.45. The molecule has 0 radical (unpaired) electrons. The predicted octanol–water partition coefficient (Wildman–Crippen LogP) is 0.226. The summed E-state index contributed by atoms with van der Waals surface area (Å²) in [6, 6.07) is -0.206. The Bertz CT molecular complexity index is 242. The molecule has 1 unspecified atom stereocenters. The van der Waals surface area contributed by atoms with Gasteiger partial charge in [-0.1, -0.05) is 6.92 Å². The Kier molecular flexibility index (Phi) is 3.46. The summed E-state index contributed by atoms with van der Waals surface area (Å²) in [6.07, 6.45) is 1.11. The van der Waals surface area contributed by atoms with E-state index < -0.39 is 0 Å². The van der Waals surface area contributed by atoms with Crippen LogP contribution in [-0.4, -0.2) is 48.5 Å². The Morgan fingerprint density at radius 1 is 1.50 bits per heavy atom. The lowest BCUT2D eigenvalue weighted by molar-refractivity contribution is -0.131. The van der Waals surface area contributed by atoms with Gasteiger partial charge in [-0.25, -0.2) is 4.79 Å². The first-order valence-corrected chi connectivity index (χ1v) is 4.86. The van der Waals surface area contributed by atoms with Crippen molar-refractivity contribution >= 4 is 11.9 Å². The van der Waals surface area contributed by atoms with Gasteiger partial charge in [-0.2, -0.15) is 0 Å². The summed E-state index contributed by atoms with van der Waals surface area (Å²) in [5.74, 6) is -0.123. The van der Waals surface area contributed by atoms with Crippen molar-refractivity contribution in [1.82, 2.24) is 15.1 Å². The molecule has 1 aliphatic heterocycles. The number of urea groups is 1. The minimum atomic E-state index is -0.206. The van der Waals surface area contributed by atoms with E-state index in [0.29, 0.717) is 13.0 Å². The summed E-state index contributed by atoms with van der Waals surface area (Å²) >= 11 is 0. The minimum Gasteiger partial charge on any atom is -0.308 e. The molecule has 1 aliphatic rings. The van der Waals surface area contributed by atoms with Crippen molar-refractivity contribution in [2.45, 2.75) is 25.9 Å². The number of hydrogen-bond donors (Lipinski definition) is 1. The van der Waals surface area contributed by atoms with Crippen LogP contribution in [0.15, 0.2) is 0 Å². The maximum Gasteiger partial charge on any atom is 0.327 e. The highest BCUT2D eigenvalue weighted by Gasteiger charge is 2.34. The van der Waals surface area contributed by atoms with E-state index in [1.165, 1.54) is 11.9 Å². The molecule has 0 spiro atoms. The van der Waals surface area contributed by atoms with Gasteiger partial charge >= 0.3 is 6.03 Å². The second kappa shape index (κ2) is 4.41. The second-order valence-electron chi connectivity index (χ2n) is 3.44. The van der Waals surface area contributed by atoms with Crippen LogP contribution < -0.4 is 5.32 Å². The lowest BCUT2D eigenvalue weighted by Gasteiger charge is -2.38. The minimum absolute atomic E-state index is 0.123. The van der Waals surface area contributed by atoms with Crippen molar-refractivity contribution in [3.8, 4) is 0 Å². The average Bonchev–Trinajstić information content (AvgIpc) is 2.19. The van der Waals surface area contributed by atoms with Crippen molar-refractivity contribution in [3.63, 3.8) is 0 Å². The number of nitrogens with one attached hydrogen (secondary N) is 1. The molecule has 1 fully saturated rings. The van der Waals surface area contributed by atoms with E-state index >= 15 is 0 Å². The van der Waals surface area contributed by atoms with Gasteiger partial charge in [-0.05, 0) is 13.5 Å². The molecule has 0 saturated carbocycles. The van der Waals surface area contributed by atoms with Gasteiger partial charge in [-0.3, -0.25) is 15.0 Å². The molecule has 1 atom stereocenters. The van der Waals surface area contributed by atoms with Gasteiger partial charge in [-0.15, -0.1) is 0 Å². The predicted molar refractivity (Wildman–Crippen MR) is 52.6 cm³/mol. The van der Waals surface area contributed by atoms with E-state index in [0.717, 1.165) is 6.42 Å². The Labute approximate surface area is 84.0 Å². The van der Waals surface area contributed by atoms with Crippen molar-refractivity contribution in [1.29, 1.82) is 0 Å². The van der Waals surface area contributed by atoms with Crippen molar-refractivity contribution in [2.75, 3.05) is 20.6 Å². The van der Waals surface area contributed by atoms with Gasteiger partial charge in [0.25, 0.3) is 0 Å². The maximum absolute atomic E-state index is 11.7. The largest absolute Gasteiger partial charge is 0.327 e. The molecule has 0 bridgehead atoms. The van der Waals surface area contributed by atoms with Crippen LogP contribution in [0, 0.1) is 0 Å². The first kappa shape index (κ1) is 11.0. The summed E-state index contributed by atoms with van der Waals surface area (Å²) in [5.41, 5.74) is 0. The second-order valence-corrected chi connectivity index (χ2v) is 3.44. The van der Waals surface area contributed by atoms with E-state index in [-0.39, 0.29) is 18.1 Å². The monoisotopic (exact) mass is 199 g/mol. The van der Waals surface area contributed by atoms with Crippen molar-refractivity contribution in [3.05, 3.63) is 0 Å². The zero-order chi connectivity index (χ0) is 10.7. The smallest absolute Gasteiger partial charge is 0.308 e. The average molecular weight is 199 g/mol. The number of carbonyl (C=O) groups is 2. The van der Waals surface area contributed by atoms with Gasteiger partial charge in [0.1, 0.15) is 0 Å². The number of amides is 3. The summed E-state index contributed by atoms with van der Waals surface area (Å²) in [7, 11) is 3.29. The lowest BCUT2D eigenvalue weighted by atomic mass is 10.2. The summed E-state index contributed by atoms with van der Waals surface area (Å²) < 4.78 is 0. The molecule has 0 aliphatic carbocycles. The molecule has 5 nitrogen and oxygen atoms in total. The number of hydrogen-bond acceptors (Lipinski definition) is 3. The van der Waals surface area contributed by atoms with Gasteiger partial charge in [0.15, 0.2) is 0 Å². The molecular weight excluding hydrogens is 182 g/mol. The molecule has 1 saturated heterocycles. The highest BCUT2D eigenvalue weighted by atomic mass is 16.2. The first-order valence-electron chi connectivity index (χ1n) is 4.86. The van der Waals surface area contributed by atoms with Crippen LogP contribution in [0.4, 0.5) is 4.79 Å². The van der Waals surface area contributed by atoms with E-state index in [2.05, 4.69) is 5.32 Å². The third kappa shape index (κ3) is 1.87. The van der Waals surface area contributed by atoms with Gasteiger partial charge in [0.05, 0.1) is 12.6 Å². The maximum atomic E-state index is 11.7. The highest BCUT2D eigenvalue weighted by Crippen LogP contribution is 2.14. The first-order chi connectivity index (χ1) is 6.61. The zero-order valence-electron chi connectivity index (χ0n) is 8.91. The molecule has 0 aromatic heterocycles. The summed E-state index contributed by atoms with van der Waals surface area (Å²) in [6.45, 7) is 2.69. The van der Waals surface area contributed by atoms with Crippen LogP contribution in [-0.2, 0) is 4.79 Å². The summed E-state index contributed by atoms with van der Waals surface area (Å²) in [4.78, 5) is 25.9. The van der Waals surface area contributed by atoms with E-state index in [1.54, 1.807) is 11.9 Å². The quantitative estimate of drug-likeness (QED) is 0.707. The van der Waals surface area contributed by atoms with Crippen LogP contribution in [0.3, 0.4) is 0 Å². The van der Waals surface area contributed by atoms with E-state index in [1.807, 2.05) is 6.92 Å². The number of nitrogens with zero attached hydrogens (tertiary/aromatic N) is 2. The van der Waals surface area contributed by atoms with Crippen molar-refractivity contribution in [2.24, 2.45) is 0 Å². The van der Waals surface area contributed by atoms with Gasteiger partial charge < -0.3 is 4.90 Å². The Morgan fingerprint density at radius 3 is 2.64 bits per heavy atom. The molecule has 3 amide bonds. The summed E-state index contributed by atoms with van der Waals surface area (Å²) in [5, 5.41) is 2.98. The fraction of sp³-hybridized carbons (Fsp3) is 0.778. The van der Waals surface area contributed by atoms with Crippen LogP contribution in [0.5, 0.6) is 0 Å². The molecule has 5 heteroatoms. The lowest BCUT2D eigenvalue weighted by Crippen LogP contribution is -2.59. The van der Waals surface area contributed by atoms with Crippen LogP contribution in [0.2, 0.25) is 0 Å². The Balaban J connectivity index is 2.78. The van der Waals surface area contributed by atoms with Crippen molar-refractivity contribution < 1.29 is 9.59 Å². The molecule has 1 rings (SSSR count). The fourth-order valence-electron chi connectivity index (χ4n) is 1.60. The molecule has 1 N–H and O–H groups in total. The molecule has 80 valence electrons. The molecule has 0 aromatic carbocycles. The standard InChI is InChI=1S/C9H17N3O2/c1-4-5-12-7(10-2)6-8(13)11(3)9(12)14/h7,10H,4-6H2,1-3H3. The van der Waals surface area contributed by atoms with Crippen LogP contribution >= 0.6 is 0 Å². The molecular formula is C9H17N3O2. The zero-order valence-corrected chi connectivity index (χ0v) is 8.91. The Hall–Kier alpha value is -1.10. The van der Waals surface area contributed by atoms with E-state index in [4.69, 9.17) is 0 Å². The number of imide groups is 1. The Morgan fingerprint density at radius 2 is 2.14 bits per heavy atom. The van der Waals surface area contributed by atoms with Gasteiger partial charge in [0, 0.05) is 13.6 Å². The van der Waals surface area contributed by atoms with E-state index in [9.17, 15) is 9.59 Å². The van der Waals surface area contributed by atoms with Gasteiger partial charge in [0.2, 0.25) is 5.91 Å². The topological polar surface area (TPSA) is 52.7 Å². The normalized spacial score (nSPS) is 23.2. The highest BCUT2D eigenvalue weighted by molar-refractivity contribution is 5.96. The fourth-order valence-corrected chi connectivity index (χ4v) is 1.60. The van der Waals surface area contributed by atoms with Crippen LogP contribution in [0.1, 0.15) is 19.8 Å². The SMILES string of the molecule is CCCN1C(=O)N(C)C(=O)CC1NC. The molecule has 0 aromatic rings. The number of rotatable bonds is 3. The third-order valence-corrected chi connectivity index (χ3v) is 2.45. The number of carbonyl (C=O) groups excluding carboxylic acids is 2. The molecule has 1 heterocycles. The van der Waals surface area contributed by atoms with Crippen LogP contribution in [0.25, 0.3) is 0 Å².